The summed E-state index contributed by atoms with van der Waals surface area (Å²) in [5.41, 5.74) is 2.57. The summed E-state index contributed by atoms with van der Waals surface area (Å²) in [4.78, 5) is 26.7. The van der Waals surface area contributed by atoms with Crippen LogP contribution in [0.2, 0.25) is 5.02 Å². The van der Waals surface area contributed by atoms with Crippen molar-refractivity contribution in [3.8, 4) is 16.2 Å². The Morgan fingerprint density at radius 1 is 1.03 bits per heavy atom. The summed E-state index contributed by atoms with van der Waals surface area (Å²) in [5, 5.41) is 0.630. The van der Waals surface area contributed by atoms with E-state index in [0.29, 0.717) is 15.6 Å². The van der Waals surface area contributed by atoms with Crippen LogP contribution in [0.4, 0.5) is 0 Å². The SMILES string of the molecule is COc1cccc(CC(=O)c2cc(CC(=O)OC(C)C)c(-c3ccc(Cl)cc3)s2)c1. The van der Waals surface area contributed by atoms with Crippen molar-refractivity contribution < 1.29 is 19.1 Å². The van der Waals surface area contributed by atoms with Crippen molar-refractivity contribution in [1.29, 1.82) is 0 Å². The molecular formula is C24H23ClO4S. The van der Waals surface area contributed by atoms with Crippen molar-refractivity contribution in [3.63, 3.8) is 0 Å². The van der Waals surface area contributed by atoms with Gasteiger partial charge in [0.05, 0.1) is 24.5 Å². The number of thiophene rings is 1. The van der Waals surface area contributed by atoms with E-state index in [9.17, 15) is 9.59 Å². The Hall–Kier alpha value is -2.63. The highest BCUT2D eigenvalue weighted by Gasteiger charge is 2.19. The zero-order valence-corrected chi connectivity index (χ0v) is 18.7. The van der Waals surface area contributed by atoms with Crippen LogP contribution in [-0.2, 0) is 22.4 Å². The third-order valence-corrected chi connectivity index (χ3v) is 5.91. The maximum Gasteiger partial charge on any atom is 0.310 e. The number of hydrogen-bond donors (Lipinski definition) is 0. The second kappa shape index (κ2) is 9.92. The molecule has 0 aliphatic carbocycles. The van der Waals surface area contributed by atoms with Gasteiger partial charge < -0.3 is 9.47 Å². The number of esters is 1. The van der Waals surface area contributed by atoms with Crippen molar-refractivity contribution in [2.24, 2.45) is 0 Å². The van der Waals surface area contributed by atoms with Crippen molar-refractivity contribution >= 4 is 34.7 Å². The summed E-state index contributed by atoms with van der Waals surface area (Å²) < 4.78 is 10.5. The van der Waals surface area contributed by atoms with Crippen molar-refractivity contribution in [3.05, 3.63) is 75.6 Å². The van der Waals surface area contributed by atoms with Gasteiger partial charge in [-0.1, -0.05) is 35.9 Å². The minimum atomic E-state index is -0.315. The van der Waals surface area contributed by atoms with Gasteiger partial charge in [-0.2, -0.15) is 0 Å². The first-order valence-corrected chi connectivity index (χ1v) is 10.8. The summed E-state index contributed by atoms with van der Waals surface area (Å²) >= 11 is 7.40. The fourth-order valence-corrected chi connectivity index (χ4v) is 4.31. The smallest absolute Gasteiger partial charge is 0.310 e. The molecule has 0 bridgehead atoms. The fourth-order valence-electron chi connectivity index (χ4n) is 3.06. The Labute approximate surface area is 185 Å². The number of benzene rings is 2. The molecule has 2 aromatic carbocycles. The number of hydrogen-bond acceptors (Lipinski definition) is 5. The van der Waals surface area contributed by atoms with Crippen LogP contribution in [0.1, 0.15) is 34.6 Å². The van der Waals surface area contributed by atoms with E-state index in [0.717, 1.165) is 21.6 Å². The third-order valence-electron chi connectivity index (χ3n) is 4.39. The molecule has 0 saturated heterocycles. The van der Waals surface area contributed by atoms with Gasteiger partial charge in [0, 0.05) is 16.3 Å². The standard InChI is InChI=1S/C24H23ClO4S/c1-15(2)29-23(27)14-18-13-22(30-24(18)17-7-9-19(25)10-8-17)21(26)12-16-5-4-6-20(11-16)28-3/h4-11,13,15H,12,14H2,1-3H3. The molecule has 156 valence electrons. The molecule has 3 aromatic rings. The lowest BCUT2D eigenvalue weighted by molar-refractivity contribution is -0.146. The summed E-state index contributed by atoms with van der Waals surface area (Å²) in [5.74, 6) is 0.391. The van der Waals surface area contributed by atoms with E-state index in [-0.39, 0.29) is 30.7 Å². The first-order valence-electron chi connectivity index (χ1n) is 9.60. The second-order valence-electron chi connectivity index (χ2n) is 7.14. The van der Waals surface area contributed by atoms with Gasteiger partial charge in [-0.3, -0.25) is 9.59 Å². The minimum absolute atomic E-state index is 0.00746. The van der Waals surface area contributed by atoms with Gasteiger partial charge >= 0.3 is 5.97 Å². The fraction of sp³-hybridized carbons (Fsp3) is 0.250. The predicted octanol–water partition coefficient (Wildman–Crippen LogP) is 6.00. The van der Waals surface area contributed by atoms with E-state index >= 15 is 0 Å². The molecule has 0 fully saturated rings. The molecule has 0 amide bonds. The van der Waals surface area contributed by atoms with Gasteiger partial charge in [-0.05, 0) is 60.9 Å². The lowest BCUT2D eigenvalue weighted by Gasteiger charge is -2.08. The predicted molar refractivity (Wildman–Crippen MR) is 121 cm³/mol. The number of rotatable bonds is 8. The zero-order valence-electron chi connectivity index (χ0n) is 17.1. The van der Waals surface area contributed by atoms with Crippen molar-refractivity contribution in [2.75, 3.05) is 7.11 Å². The summed E-state index contributed by atoms with van der Waals surface area (Å²) in [6, 6.07) is 16.6. The monoisotopic (exact) mass is 442 g/mol. The summed E-state index contributed by atoms with van der Waals surface area (Å²) in [7, 11) is 1.60. The van der Waals surface area contributed by atoms with Crippen LogP contribution >= 0.6 is 22.9 Å². The Kier molecular flexibility index (Phi) is 7.29. The molecular weight excluding hydrogens is 420 g/mol. The van der Waals surface area contributed by atoms with Gasteiger partial charge in [0.15, 0.2) is 5.78 Å². The van der Waals surface area contributed by atoms with Crippen LogP contribution in [0, 0.1) is 0 Å². The zero-order chi connectivity index (χ0) is 21.7. The normalized spacial score (nSPS) is 10.8. The summed E-state index contributed by atoms with van der Waals surface area (Å²) in [6.07, 6.45) is 0.177. The molecule has 4 nitrogen and oxygen atoms in total. The van der Waals surface area contributed by atoms with Crippen molar-refractivity contribution in [2.45, 2.75) is 32.8 Å². The highest BCUT2D eigenvalue weighted by Crippen LogP contribution is 2.35. The van der Waals surface area contributed by atoms with Crippen LogP contribution in [-0.4, -0.2) is 25.0 Å². The Bertz CT molecular complexity index is 1040. The molecule has 0 radical (unpaired) electrons. The Balaban J connectivity index is 1.90. The topological polar surface area (TPSA) is 52.6 Å². The van der Waals surface area contributed by atoms with Crippen LogP contribution in [0.3, 0.4) is 0 Å². The molecule has 30 heavy (non-hydrogen) atoms. The molecule has 1 heterocycles. The van der Waals surface area contributed by atoms with E-state index in [1.54, 1.807) is 25.3 Å². The largest absolute Gasteiger partial charge is 0.497 e. The number of methoxy groups -OCH3 is 1. The maximum atomic E-state index is 13.0. The van der Waals surface area contributed by atoms with Gasteiger partial charge in [0.1, 0.15) is 5.75 Å². The molecule has 0 unspecified atom stereocenters. The number of carbonyl (C=O) groups is 2. The average Bonchev–Trinajstić information content (AvgIpc) is 3.12. The first kappa shape index (κ1) is 22.1. The number of halogens is 1. The van der Waals surface area contributed by atoms with E-state index in [1.165, 1.54) is 11.3 Å². The Morgan fingerprint density at radius 3 is 2.43 bits per heavy atom. The molecule has 3 rings (SSSR count). The molecule has 0 aliphatic rings. The number of carbonyl (C=O) groups excluding carboxylic acids is 2. The van der Waals surface area contributed by atoms with Gasteiger partial charge in [-0.25, -0.2) is 0 Å². The van der Waals surface area contributed by atoms with Crippen LogP contribution in [0.25, 0.3) is 10.4 Å². The highest BCUT2D eigenvalue weighted by molar-refractivity contribution is 7.17. The molecule has 0 N–H and O–H groups in total. The lowest BCUT2D eigenvalue weighted by Crippen LogP contribution is -2.13. The quantitative estimate of drug-likeness (QED) is 0.317. The number of ketones is 1. The van der Waals surface area contributed by atoms with Gasteiger partial charge in [-0.15, -0.1) is 11.3 Å². The Morgan fingerprint density at radius 2 is 1.77 bits per heavy atom. The molecule has 0 aliphatic heterocycles. The van der Waals surface area contributed by atoms with Gasteiger partial charge in [0.2, 0.25) is 0 Å². The number of ether oxygens (including phenoxy) is 2. The van der Waals surface area contributed by atoms with Crippen molar-refractivity contribution in [1.82, 2.24) is 0 Å². The molecule has 0 spiro atoms. The number of Topliss-reactive ketones (excluding diaryl/α,β-unsaturated/α-hetero) is 1. The molecule has 1 aromatic heterocycles. The minimum Gasteiger partial charge on any atom is -0.497 e. The molecule has 0 saturated carbocycles. The first-order chi connectivity index (χ1) is 14.4. The third kappa shape index (κ3) is 5.71. The lowest BCUT2D eigenvalue weighted by atomic mass is 10.0. The highest BCUT2D eigenvalue weighted by atomic mass is 35.5. The van der Waals surface area contributed by atoms with Crippen LogP contribution in [0.15, 0.2) is 54.6 Å². The second-order valence-corrected chi connectivity index (χ2v) is 8.63. The van der Waals surface area contributed by atoms with Crippen LogP contribution in [0.5, 0.6) is 5.75 Å². The molecule has 0 atom stereocenters. The van der Waals surface area contributed by atoms with Gasteiger partial charge in [0.25, 0.3) is 0 Å². The maximum absolute atomic E-state index is 13.0. The van der Waals surface area contributed by atoms with E-state index in [4.69, 9.17) is 21.1 Å². The average molecular weight is 443 g/mol. The molecule has 6 heteroatoms. The van der Waals surface area contributed by atoms with Crippen LogP contribution < -0.4 is 4.74 Å². The van der Waals surface area contributed by atoms with E-state index in [2.05, 4.69) is 0 Å². The van der Waals surface area contributed by atoms with E-state index in [1.807, 2.05) is 50.2 Å². The van der Waals surface area contributed by atoms with E-state index < -0.39 is 0 Å². The summed E-state index contributed by atoms with van der Waals surface area (Å²) in [6.45, 7) is 3.63.